The van der Waals surface area contributed by atoms with Gasteiger partial charge in [0.1, 0.15) is 0 Å². The molecule has 0 atom stereocenters. The van der Waals surface area contributed by atoms with Gasteiger partial charge in [-0.1, -0.05) is 97.4 Å². The topological polar surface area (TPSA) is 21.1 Å². The van der Waals surface area contributed by atoms with Crippen LogP contribution in [-0.4, -0.2) is 28.0 Å². The molecule has 4 aromatic rings. The molecule has 0 aliphatic carbocycles. The summed E-state index contributed by atoms with van der Waals surface area (Å²) in [6.45, 7) is 3.13. The molecule has 0 saturated heterocycles. The number of hydrogen-bond donors (Lipinski definition) is 0. The third kappa shape index (κ3) is 5.71. The molecule has 158 valence electrons. The number of rotatable bonds is 10. The third-order valence-corrected chi connectivity index (χ3v) is 5.67. The first-order valence-corrected chi connectivity index (χ1v) is 11.2. The summed E-state index contributed by atoms with van der Waals surface area (Å²) in [7, 11) is 2.21. The second kappa shape index (κ2) is 10.7. The Balaban J connectivity index is 1.36. The van der Waals surface area contributed by atoms with Crippen LogP contribution >= 0.6 is 0 Å². The zero-order chi connectivity index (χ0) is 21.3. The van der Waals surface area contributed by atoms with E-state index >= 15 is 0 Å². The lowest BCUT2D eigenvalue weighted by Crippen LogP contribution is -2.19. The maximum Gasteiger partial charge on any atom is 0.0963 e. The first-order chi connectivity index (χ1) is 15.3. The van der Waals surface area contributed by atoms with E-state index < -0.39 is 0 Å². The van der Waals surface area contributed by atoms with Gasteiger partial charge in [0.2, 0.25) is 0 Å². The van der Waals surface area contributed by atoms with Gasteiger partial charge in [0.05, 0.1) is 17.7 Å². The predicted molar refractivity (Wildman–Crippen MR) is 130 cm³/mol. The van der Waals surface area contributed by atoms with E-state index in [-0.39, 0.29) is 0 Å². The molecular formula is C28H31N3. The zero-order valence-corrected chi connectivity index (χ0v) is 18.3. The van der Waals surface area contributed by atoms with E-state index in [0.717, 1.165) is 31.7 Å². The van der Waals surface area contributed by atoms with Gasteiger partial charge in [-0.3, -0.25) is 0 Å². The van der Waals surface area contributed by atoms with Crippen molar-refractivity contribution in [3.63, 3.8) is 0 Å². The molecule has 4 rings (SSSR count). The minimum Gasteiger partial charge on any atom is -0.330 e. The van der Waals surface area contributed by atoms with Crippen LogP contribution < -0.4 is 0 Å². The average molecular weight is 410 g/mol. The molecule has 3 heteroatoms. The Morgan fingerprint density at radius 1 is 0.710 bits per heavy atom. The highest BCUT2D eigenvalue weighted by atomic mass is 15.1. The van der Waals surface area contributed by atoms with E-state index in [4.69, 9.17) is 4.98 Å². The van der Waals surface area contributed by atoms with Crippen LogP contribution in [0.15, 0.2) is 97.3 Å². The predicted octanol–water partition coefficient (Wildman–Crippen LogP) is 6.52. The number of imidazole rings is 1. The van der Waals surface area contributed by atoms with E-state index in [2.05, 4.69) is 108 Å². The molecule has 0 unspecified atom stereocenters. The van der Waals surface area contributed by atoms with Gasteiger partial charge in [-0.2, -0.15) is 0 Å². The first kappa shape index (κ1) is 21.1. The van der Waals surface area contributed by atoms with Crippen molar-refractivity contribution >= 4 is 0 Å². The third-order valence-electron chi connectivity index (χ3n) is 5.67. The van der Waals surface area contributed by atoms with Crippen LogP contribution in [0.4, 0.5) is 0 Å². The fourth-order valence-corrected chi connectivity index (χ4v) is 4.07. The summed E-state index contributed by atoms with van der Waals surface area (Å²) in [4.78, 5) is 7.20. The zero-order valence-electron chi connectivity index (χ0n) is 18.3. The van der Waals surface area contributed by atoms with Crippen LogP contribution in [0.3, 0.4) is 0 Å². The summed E-state index contributed by atoms with van der Waals surface area (Å²) in [5.74, 6) is 0. The van der Waals surface area contributed by atoms with E-state index in [1.807, 2.05) is 6.33 Å². The molecule has 0 aliphatic rings. The summed E-state index contributed by atoms with van der Waals surface area (Å²) >= 11 is 0. The Bertz CT molecular complexity index is 1040. The number of aryl methyl sites for hydroxylation is 1. The van der Waals surface area contributed by atoms with Crippen molar-refractivity contribution in [1.82, 2.24) is 14.5 Å². The second-order valence-corrected chi connectivity index (χ2v) is 8.15. The van der Waals surface area contributed by atoms with Gasteiger partial charge in [0.15, 0.2) is 0 Å². The molecule has 1 aromatic heterocycles. The second-order valence-electron chi connectivity index (χ2n) is 8.15. The number of hydrogen-bond acceptors (Lipinski definition) is 2. The normalized spacial score (nSPS) is 11.2. The van der Waals surface area contributed by atoms with Crippen LogP contribution in [0.1, 0.15) is 24.8 Å². The molecule has 0 fully saturated rings. The molecule has 0 saturated carbocycles. The molecule has 0 amide bonds. The molecule has 0 aliphatic heterocycles. The van der Waals surface area contributed by atoms with E-state index in [1.165, 1.54) is 35.2 Å². The standard InChI is InChI=1S/C28H31N3/c1-30(22-24-14-6-2-7-15-24)20-12-5-13-21-31-23-29-27(25-16-8-3-9-17-25)28(31)26-18-10-4-11-19-26/h2-4,6-11,14-19,23H,5,12-13,20-22H2,1H3. The Hall–Kier alpha value is -3.17. The molecule has 0 N–H and O–H groups in total. The molecule has 0 radical (unpaired) electrons. The lowest BCUT2D eigenvalue weighted by atomic mass is 10.0. The highest BCUT2D eigenvalue weighted by Gasteiger charge is 2.14. The first-order valence-electron chi connectivity index (χ1n) is 11.2. The average Bonchev–Trinajstić information content (AvgIpc) is 3.24. The Kier molecular flexibility index (Phi) is 7.30. The van der Waals surface area contributed by atoms with Gasteiger partial charge in [-0.25, -0.2) is 4.98 Å². The molecule has 0 bridgehead atoms. The minimum atomic E-state index is 0.993. The SMILES string of the molecule is CN(CCCCCn1cnc(-c2ccccc2)c1-c1ccccc1)Cc1ccccc1. The van der Waals surface area contributed by atoms with E-state index in [0.29, 0.717) is 0 Å². The molecular weight excluding hydrogens is 378 g/mol. The highest BCUT2D eigenvalue weighted by molar-refractivity contribution is 5.78. The molecule has 31 heavy (non-hydrogen) atoms. The minimum absolute atomic E-state index is 0.993. The smallest absolute Gasteiger partial charge is 0.0963 e. The Labute approximate surface area is 186 Å². The van der Waals surface area contributed by atoms with Gasteiger partial charge in [0, 0.05) is 24.2 Å². The summed E-state index contributed by atoms with van der Waals surface area (Å²) in [6, 6.07) is 31.8. The summed E-state index contributed by atoms with van der Waals surface area (Å²) in [5, 5.41) is 0. The van der Waals surface area contributed by atoms with Gasteiger partial charge in [-0.15, -0.1) is 0 Å². The number of aromatic nitrogens is 2. The summed E-state index contributed by atoms with van der Waals surface area (Å²) in [5.41, 5.74) is 6.05. The van der Waals surface area contributed by atoms with Crippen molar-refractivity contribution in [3.05, 3.63) is 103 Å². The molecule has 3 nitrogen and oxygen atoms in total. The summed E-state index contributed by atoms with van der Waals surface area (Å²) in [6.07, 6.45) is 5.59. The Morgan fingerprint density at radius 2 is 1.32 bits per heavy atom. The van der Waals surface area contributed by atoms with Crippen molar-refractivity contribution in [2.45, 2.75) is 32.4 Å². The van der Waals surface area contributed by atoms with E-state index in [1.54, 1.807) is 0 Å². The number of unbranched alkanes of at least 4 members (excludes halogenated alkanes) is 2. The lowest BCUT2D eigenvalue weighted by Gasteiger charge is -2.16. The van der Waals surface area contributed by atoms with Gasteiger partial charge in [0.25, 0.3) is 0 Å². The Morgan fingerprint density at radius 3 is 2.00 bits per heavy atom. The van der Waals surface area contributed by atoms with Crippen LogP contribution in [-0.2, 0) is 13.1 Å². The van der Waals surface area contributed by atoms with Crippen molar-refractivity contribution < 1.29 is 0 Å². The van der Waals surface area contributed by atoms with Gasteiger partial charge in [-0.05, 0) is 32.0 Å². The molecule has 0 spiro atoms. The van der Waals surface area contributed by atoms with Gasteiger partial charge >= 0.3 is 0 Å². The largest absolute Gasteiger partial charge is 0.330 e. The van der Waals surface area contributed by atoms with Crippen LogP contribution in [0, 0.1) is 0 Å². The van der Waals surface area contributed by atoms with E-state index in [9.17, 15) is 0 Å². The fraction of sp³-hybridized carbons (Fsp3) is 0.250. The van der Waals surface area contributed by atoms with Crippen molar-refractivity contribution in [3.8, 4) is 22.5 Å². The maximum absolute atomic E-state index is 4.79. The van der Waals surface area contributed by atoms with Gasteiger partial charge < -0.3 is 9.47 Å². The van der Waals surface area contributed by atoms with Crippen LogP contribution in [0.25, 0.3) is 22.5 Å². The van der Waals surface area contributed by atoms with Crippen molar-refractivity contribution in [2.75, 3.05) is 13.6 Å². The van der Waals surface area contributed by atoms with Crippen molar-refractivity contribution in [2.24, 2.45) is 0 Å². The van der Waals surface area contributed by atoms with Crippen molar-refractivity contribution in [1.29, 1.82) is 0 Å². The fourth-order valence-electron chi connectivity index (χ4n) is 4.07. The quantitative estimate of drug-likeness (QED) is 0.278. The molecule has 3 aromatic carbocycles. The highest BCUT2D eigenvalue weighted by Crippen LogP contribution is 2.31. The maximum atomic E-state index is 4.79. The monoisotopic (exact) mass is 409 g/mol. The van der Waals surface area contributed by atoms with Crippen LogP contribution in [0.5, 0.6) is 0 Å². The lowest BCUT2D eigenvalue weighted by molar-refractivity contribution is 0.316. The number of nitrogens with zero attached hydrogens (tertiary/aromatic N) is 3. The molecule has 1 heterocycles. The number of benzene rings is 3. The van der Waals surface area contributed by atoms with Crippen LogP contribution in [0.2, 0.25) is 0 Å². The summed E-state index contributed by atoms with van der Waals surface area (Å²) < 4.78 is 2.32.